The molecule has 0 N–H and O–H groups in total. The van der Waals surface area contributed by atoms with Gasteiger partial charge < -0.3 is 4.74 Å². The third kappa shape index (κ3) is 2.58. The van der Waals surface area contributed by atoms with Gasteiger partial charge in [-0.2, -0.15) is 0 Å². The molecule has 3 aliphatic rings. The summed E-state index contributed by atoms with van der Waals surface area (Å²) in [6, 6.07) is 25.9. The number of allylic oxidation sites excluding steroid dienone is 5. The maximum atomic E-state index is 6.57. The third-order valence-corrected chi connectivity index (χ3v) is 7.46. The second-order valence-corrected chi connectivity index (χ2v) is 9.20. The highest BCUT2D eigenvalue weighted by molar-refractivity contribution is 8.02. The molecule has 4 aromatic rings. The van der Waals surface area contributed by atoms with E-state index in [1.54, 1.807) is 11.9 Å². The van der Waals surface area contributed by atoms with Crippen molar-refractivity contribution in [1.29, 1.82) is 0 Å². The zero-order valence-corrected chi connectivity index (χ0v) is 18.0. The monoisotopic (exact) mass is 429 g/mol. The number of nitrogens with zero attached hydrogens (tertiary/aromatic N) is 1. The number of hydrogen-bond acceptors (Lipinski definition) is 3. The summed E-state index contributed by atoms with van der Waals surface area (Å²) < 4.78 is 11.2. The van der Waals surface area contributed by atoms with Crippen LogP contribution in [-0.2, 0) is 0 Å². The van der Waals surface area contributed by atoms with Gasteiger partial charge in [-0.05, 0) is 45.3 Å². The molecule has 2 aliphatic heterocycles. The minimum atomic E-state index is 0.0811. The van der Waals surface area contributed by atoms with Crippen molar-refractivity contribution in [2.24, 2.45) is 10.3 Å². The van der Waals surface area contributed by atoms with Gasteiger partial charge >= 0.3 is 0 Å². The Labute approximate surface area is 190 Å². The Hall–Kier alpha value is -3.56. The highest BCUT2D eigenvalue weighted by Crippen LogP contribution is 2.55. The van der Waals surface area contributed by atoms with E-state index >= 15 is 0 Å². The lowest BCUT2D eigenvalue weighted by Gasteiger charge is -2.35. The number of benzene rings is 4. The predicted molar refractivity (Wildman–Crippen MR) is 135 cm³/mol. The number of hydrogen-bond donors (Lipinski definition) is 0. The van der Waals surface area contributed by atoms with Crippen molar-refractivity contribution >= 4 is 39.7 Å². The molecular formula is C29H19NOS. The Kier molecular flexibility index (Phi) is 3.94. The zero-order valence-electron chi connectivity index (χ0n) is 17.2. The normalized spacial score (nSPS) is 19.1. The predicted octanol–water partition coefficient (Wildman–Crippen LogP) is 7.96. The van der Waals surface area contributed by atoms with Gasteiger partial charge in [-0.1, -0.05) is 78.9 Å². The van der Waals surface area contributed by atoms with Crippen molar-refractivity contribution in [2.45, 2.75) is 5.92 Å². The molecule has 32 heavy (non-hydrogen) atoms. The second kappa shape index (κ2) is 6.98. The van der Waals surface area contributed by atoms with E-state index < -0.39 is 0 Å². The summed E-state index contributed by atoms with van der Waals surface area (Å²) in [6.07, 6.45) is 10.8. The SMILES string of the molecule is C1=CC2=C(C3c4c(ccc5ccccc45)Oc4ccc5ccccc5c43)C(C=C1)C=NS2. The van der Waals surface area contributed by atoms with E-state index in [-0.39, 0.29) is 11.8 Å². The molecule has 2 heterocycles. The first-order chi connectivity index (χ1) is 15.9. The van der Waals surface area contributed by atoms with Crippen LogP contribution in [0.5, 0.6) is 11.5 Å². The van der Waals surface area contributed by atoms with Crippen LogP contribution in [0.1, 0.15) is 17.0 Å². The second-order valence-electron chi connectivity index (χ2n) is 8.37. The lowest BCUT2D eigenvalue weighted by atomic mass is 9.74. The van der Waals surface area contributed by atoms with Crippen LogP contribution >= 0.6 is 11.9 Å². The molecule has 1 atom stereocenters. The van der Waals surface area contributed by atoms with Crippen LogP contribution in [0, 0.1) is 5.92 Å². The maximum absolute atomic E-state index is 6.57. The Bertz CT molecular complexity index is 1460. The van der Waals surface area contributed by atoms with E-state index in [9.17, 15) is 0 Å². The van der Waals surface area contributed by atoms with Crippen LogP contribution in [0.4, 0.5) is 0 Å². The van der Waals surface area contributed by atoms with Gasteiger partial charge in [0.05, 0.1) is 0 Å². The van der Waals surface area contributed by atoms with Crippen molar-refractivity contribution in [3.8, 4) is 11.5 Å². The highest BCUT2D eigenvalue weighted by Gasteiger charge is 2.37. The summed E-state index contributed by atoms with van der Waals surface area (Å²) in [7, 11) is 0. The van der Waals surface area contributed by atoms with Crippen molar-refractivity contribution in [1.82, 2.24) is 0 Å². The number of fused-ring (bicyclic) bond motifs is 7. The molecule has 152 valence electrons. The van der Waals surface area contributed by atoms with Gasteiger partial charge in [-0.15, -0.1) is 0 Å². The molecule has 0 aromatic heterocycles. The van der Waals surface area contributed by atoms with E-state index in [0.717, 1.165) is 11.5 Å². The van der Waals surface area contributed by atoms with E-state index in [1.165, 1.54) is 43.2 Å². The van der Waals surface area contributed by atoms with Gasteiger partial charge in [0.15, 0.2) is 0 Å². The van der Waals surface area contributed by atoms with Gasteiger partial charge in [0.2, 0.25) is 0 Å². The van der Waals surface area contributed by atoms with Crippen molar-refractivity contribution < 1.29 is 4.74 Å². The van der Waals surface area contributed by atoms with Gasteiger partial charge in [0.25, 0.3) is 0 Å². The molecule has 2 bridgehead atoms. The van der Waals surface area contributed by atoms with Crippen molar-refractivity contribution in [2.75, 3.05) is 0 Å². The van der Waals surface area contributed by atoms with Gasteiger partial charge in [-0.25, -0.2) is 4.40 Å². The lowest BCUT2D eigenvalue weighted by Crippen LogP contribution is -2.20. The molecule has 0 radical (unpaired) electrons. The van der Waals surface area contributed by atoms with E-state index in [0.29, 0.717) is 0 Å². The first kappa shape index (κ1) is 18.1. The fraction of sp³-hybridized carbons (Fsp3) is 0.0690. The molecule has 1 aliphatic carbocycles. The molecule has 0 saturated heterocycles. The van der Waals surface area contributed by atoms with E-state index in [4.69, 9.17) is 4.74 Å². The van der Waals surface area contributed by atoms with E-state index in [1.807, 2.05) is 0 Å². The molecule has 2 nitrogen and oxygen atoms in total. The van der Waals surface area contributed by atoms with Crippen LogP contribution in [-0.4, -0.2) is 6.21 Å². The molecule has 3 heteroatoms. The number of ether oxygens (including phenoxy) is 1. The lowest BCUT2D eigenvalue weighted by molar-refractivity contribution is 0.454. The fourth-order valence-corrected chi connectivity index (χ4v) is 6.09. The van der Waals surface area contributed by atoms with Gasteiger partial charge in [-0.3, -0.25) is 0 Å². The fourth-order valence-electron chi connectivity index (χ4n) is 5.29. The Balaban J connectivity index is 1.63. The minimum Gasteiger partial charge on any atom is -0.457 e. The largest absolute Gasteiger partial charge is 0.457 e. The number of rotatable bonds is 1. The highest BCUT2D eigenvalue weighted by atomic mass is 32.2. The standard InChI is InChI=1S/C29H19NOS/c1-4-10-21-18(7-1)13-15-23-27(21)29(26-20-9-3-6-12-25(26)32-30-17-20)28-22-11-5-2-8-19(22)14-16-24(28)31-23/h1-17,20,29H. The molecule has 0 spiro atoms. The summed E-state index contributed by atoms with van der Waals surface area (Å²) >= 11 is 1.57. The summed E-state index contributed by atoms with van der Waals surface area (Å²) in [6.45, 7) is 0. The van der Waals surface area contributed by atoms with Crippen LogP contribution in [0.3, 0.4) is 0 Å². The van der Waals surface area contributed by atoms with Crippen LogP contribution in [0.15, 0.2) is 112 Å². The Morgan fingerprint density at radius 3 is 2.06 bits per heavy atom. The Morgan fingerprint density at radius 1 is 0.719 bits per heavy atom. The zero-order chi connectivity index (χ0) is 21.1. The average Bonchev–Trinajstić information content (AvgIpc) is 2.96. The first-order valence-corrected chi connectivity index (χ1v) is 11.7. The minimum absolute atomic E-state index is 0.0811. The molecule has 7 rings (SSSR count). The maximum Gasteiger partial charge on any atom is 0.132 e. The summed E-state index contributed by atoms with van der Waals surface area (Å²) in [5, 5.41) is 4.97. The quantitative estimate of drug-likeness (QED) is 0.286. The molecular weight excluding hydrogens is 410 g/mol. The molecule has 4 aromatic carbocycles. The molecule has 0 fully saturated rings. The van der Waals surface area contributed by atoms with Gasteiger partial charge in [0.1, 0.15) is 11.5 Å². The van der Waals surface area contributed by atoms with Crippen molar-refractivity contribution in [3.05, 3.63) is 119 Å². The summed E-state index contributed by atoms with van der Waals surface area (Å²) in [4.78, 5) is 1.23. The van der Waals surface area contributed by atoms with E-state index in [2.05, 4.69) is 108 Å². The van der Waals surface area contributed by atoms with Crippen molar-refractivity contribution in [3.63, 3.8) is 0 Å². The average molecular weight is 430 g/mol. The Morgan fingerprint density at radius 2 is 1.38 bits per heavy atom. The van der Waals surface area contributed by atoms with Gasteiger partial charge in [0, 0.05) is 46.0 Å². The molecule has 0 saturated carbocycles. The summed E-state index contributed by atoms with van der Waals surface area (Å²) in [5.41, 5.74) is 3.89. The summed E-state index contributed by atoms with van der Waals surface area (Å²) in [5.74, 6) is 2.13. The third-order valence-electron chi connectivity index (χ3n) is 6.66. The van der Waals surface area contributed by atoms with Crippen LogP contribution in [0.2, 0.25) is 0 Å². The van der Waals surface area contributed by atoms with Crippen LogP contribution < -0.4 is 4.74 Å². The van der Waals surface area contributed by atoms with Crippen LogP contribution in [0.25, 0.3) is 21.5 Å². The topological polar surface area (TPSA) is 21.6 Å². The molecule has 1 unspecified atom stereocenters. The smallest absolute Gasteiger partial charge is 0.132 e. The first-order valence-electron chi connectivity index (χ1n) is 10.9. The molecule has 0 amide bonds.